The second kappa shape index (κ2) is 8.74. The van der Waals surface area contributed by atoms with Crippen LogP contribution in [0.1, 0.15) is 22.8 Å². The Morgan fingerprint density at radius 1 is 1.15 bits per heavy atom. The summed E-state index contributed by atoms with van der Waals surface area (Å²) in [5, 5.41) is 22.2. The van der Waals surface area contributed by atoms with Gasteiger partial charge < -0.3 is 26.0 Å². The number of halogens is 3. The number of hydrogen-bond acceptors (Lipinski definition) is 5. The van der Waals surface area contributed by atoms with E-state index >= 15 is 0 Å². The molecule has 0 aliphatic rings. The van der Waals surface area contributed by atoms with E-state index in [1.165, 1.54) is 6.07 Å². The van der Waals surface area contributed by atoms with Crippen molar-refractivity contribution >= 4 is 11.8 Å². The lowest BCUT2D eigenvalue weighted by Gasteiger charge is -2.20. The van der Waals surface area contributed by atoms with Gasteiger partial charge in [0.1, 0.15) is 18.8 Å². The number of carbonyl (C=O) groups is 1. The minimum atomic E-state index is -4.69. The van der Waals surface area contributed by atoms with Crippen molar-refractivity contribution in [2.45, 2.75) is 25.0 Å². The fourth-order valence-corrected chi connectivity index (χ4v) is 2.30. The minimum Gasteiger partial charge on any atom is -0.445 e. The van der Waals surface area contributed by atoms with Crippen LogP contribution in [0.25, 0.3) is 0 Å². The summed E-state index contributed by atoms with van der Waals surface area (Å²) in [5.74, 6) is 0. The highest BCUT2D eigenvalue weighted by Crippen LogP contribution is 2.35. The average Bonchev–Trinajstić information content (AvgIpc) is 2.64. The van der Waals surface area contributed by atoms with Gasteiger partial charge in [0.2, 0.25) is 0 Å². The van der Waals surface area contributed by atoms with E-state index in [9.17, 15) is 28.2 Å². The van der Waals surface area contributed by atoms with Crippen molar-refractivity contribution < 1.29 is 32.9 Å². The van der Waals surface area contributed by atoms with Crippen molar-refractivity contribution in [1.82, 2.24) is 5.32 Å². The zero-order valence-corrected chi connectivity index (χ0v) is 14.1. The Morgan fingerprint density at radius 3 is 2.44 bits per heavy atom. The van der Waals surface area contributed by atoms with Crippen LogP contribution in [-0.2, 0) is 17.5 Å². The van der Waals surface area contributed by atoms with Gasteiger partial charge >= 0.3 is 12.3 Å². The van der Waals surface area contributed by atoms with Gasteiger partial charge in [-0.15, -0.1) is 0 Å². The predicted octanol–water partition coefficient (Wildman–Crippen LogP) is 2.61. The number of hydrogen-bond donors (Lipinski definition) is 4. The number of aliphatic hydroxyl groups is 2. The Bertz CT molecular complexity index is 769. The number of nitrogens with two attached hydrogens (primary N) is 1. The van der Waals surface area contributed by atoms with Gasteiger partial charge in [-0.05, 0) is 23.3 Å². The van der Waals surface area contributed by atoms with E-state index in [4.69, 9.17) is 10.5 Å². The highest BCUT2D eigenvalue weighted by molar-refractivity contribution is 5.67. The van der Waals surface area contributed by atoms with E-state index in [0.29, 0.717) is 6.07 Å². The molecule has 146 valence electrons. The van der Waals surface area contributed by atoms with Crippen LogP contribution in [0.15, 0.2) is 48.5 Å². The van der Waals surface area contributed by atoms with Gasteiger partial charge in [-0.2, -0.15) is 13.2 Å². The number of alkyl carbamates (subject to hydrolysis) is 1. The summed E-state index contributed by atoms with van der Waals surface area (Å²) in [5.41, 5.74) is 4.28. The zero-order valence-electron chi connectivity index (χ0n) is 14.1. The first kappa shape index (κ1) is 20.5. The molecule has 5 N–H and O–H groups in total. The van der Waals surface area contributed by atoms with E-state index in [-0.39, 0.29) is 12.2 Å². The number of amides is 1. The summed E-state index contributed by atoms with van der Waals surface area (Å²) in [6, 6.07) is 11.7. The van der Waals surface area contributed by atoms with Crippen molar-refractivity contribution in [3.05, 3.63) is 65.2 Å². The normalized spacial score (nSPS) is 13.7. The molecule has 2 rings (SSSR count). The Hall–Kier alpha value is -2.78. The van der Waals surface area contributed by atoms with Crippen molar-refractivity contribution in [2.75, 3.05) is 12.3 Å². The molecule has 2 atom stereocenters. The average molecular weight is 384 g/mol. The molecule has 0 heterocycles. The number of carbonyl (C=O) groups excluding carboxylic acids is 1. The van der Waals surface area contributed by atoms with E-state index in [0.717, 1.165) is 11.6 Å². The van der Waals surface area contributed by atoms with Crippen LogP contribution >= 0.6 is 0 Å². The second-order valence-corrected chi connectivity index (χ2v) is 5.80. The maximum atomic E-state index is 12.9. The third-order valence-corrected chi connectivity index (χ3v) is 3.76. The molecule has 0 fully saturated rings. The number of alkyl halides is 3. The Morgan fingerprint density at radius 2 is 1.81 bits per heavy atom. The van der Waals surface area contributed by atoms with Crippen molar-refractivity contribution in [2.24, 2.45) is 0 Å². The first-order valence-electron chi connectivity index (χ1n) is 7.96. The van der Waals surface area contributed by atoms with Crippen LogP contribution < -0.4 is 11.1 Å². The number of nitrogen functional groups attached to an aromatic ring is 1. The van der Waals surface area contributed by atoms with Gasteiger partial charge in [-0.25, -0.2) is 4.79 Å². The molecule has 0 spiro atoms. The summed E-state index contributed by atoms with van der Waals surface area (Å²) < 4.78 is 43.6. The third-order valence-electron chi connectivity index (χ3n) is 3.76. The molecule has 1 amide bonds. The number of ether oxygens (including phenoxy) is 1. The molecule has 0 aliphatic carbocycles. The molecular weight excluding hydrogens is 365 g/mol. The lowest BCUT2D eigenvalue weighted by atomic mass is 10.0. The van der Waals surface area contributed by atoms with Crippen molar-refractivity contribution in [3.63, 3.8) is 0 Å². The summed E-state index contributed by atoms with van der Waals surface area (Å²) in [6.07, 6.45) is -8.72. The fourth-order valence-electron chi connectivity index (χ4n) is 2.30. The topological polar surface area (TPSA) is 105 Å². The SMILES string of the molecule is Nc1ccc(C(O)C(O)CNC(=O)OCc2ccccc2)cc1C(F)(F)F. The van der Waals surface area contributed by atoms with Crippen LogP contribution in [0.5, 0.6) is 0 Å². The Balaban J connectivity index is 1.90. The second-order valence-electron chi connectivity index (χ2n) is 5.80. The largest absolute Gasteiger partial charge is 0.445 e. The molecule has 0 bridgehead atoms. The zero-order chi connectivity index (χ0) is 20.0. The molecule has 2 aromatic rings. The Labute approximate surface area is 153 Å². The molecule has 6 nitrogen and oxygen atoms in total. The van der Waals surface area contributed by atoms with Crippen LogP contribution in [-0.4, -0.2) is 29.0 Å². The standard InChI is InChI=1S/C18H19F3N2O4/c19-18(20,21)13-8-12(6-7-14(13)22)16(25)15(24)9-23-17(26)27-10-11-4-2-1-3-5-11/h1-8,15-16,24-25H,9-10,22H2,(H,23,26). The number of benzene rings is 2. The number of nitrogens with one attached hydrogen (secondary N) is 1. The van der Waals surface area contributed by atoms with Gasteiger partial charge in [0.15, 0.2) is 0 Å². The summed E-state index contributed by atoms with van der Waals surface area (Å²) in [7, 11) is 0. The molecule has 27 heavy (non-hydrogen) atoms. The first-order valence-corrected chi connectivity index (χ1v) is 7.96. The molecule has 0 aromatic heterocycles. The van der Waals surface area contributed by atoms with Crippen molar-refractivity contribution in [1.29, 1.82) is 0 Å². The van der Waals surface area contributed by atoms with Gasteiger partial charge in [0.25, 0.3) is 0 Å². The maximum absolute atomic E-state index is 12.9. The van der Waals surface area contributed by atoms with Gasteiger partial charge in [-0.3, -0.25) is 0 Å². The number of anilines is 1. The third kappa shape index (κ3) is 5.87. The van der Waals surface area contributed by atoms with Gasteiger partial charge in [-0.1, -0.05) is 36.4 Å². The highest BCUT2D eigenvalue weighted by atomic mass is 19.4. The molecule has 0 saturated carbocycles. The molecular formula is C18H19F3N2O4. The van der Waals surface area contributed by atoms with Crippen LogP contribution in [0.4, 0.5) is 23.7 Å². The molecule has 2 aromatic carbocycles. The molecule has 0 aliphatic heterocycles. The quantitative estimate of drug-likeness (QED) is 0.573. The Kier molecular flexibility index (Phi) is 6.65. The maximum Gasteiger partial charge on any atom is 0.418 e. The van der Waals surface area contributed by atoms with E-state index < -0.39 is 42.3 Å². The number of aliphatic hydroxyl groups excluding tert-OH is 2. The van der Waals surface area contributed by atoms with Gasteiger partial charge in [0.05, 0.1) is 5.56 Å². The smallest absolute Gasteiger partial charge is 0.418 e. The van der Waals surface area contributed by atoms with Crippen molar-refractivity contribution in [3.8, 4) is 0 Å². The fraction of sp³-hybridized carbons (Fsp3) is 0.278. The summed E-state index contributed by atoms with van der Waals surface area (Å²) >= 11 is 0. The van der Waals surface area contributed by atoms with E-state index in [1.807, 2.05) is 6.07 Å². The lowest BCUT2D eigenvalue weighted by molar-refractivity contribution is -0.137. The summed E-state index contributed by atoms with van der Waals surface area (Å²) in [4.78, 5) is 11.6. The minimum absolute atomic E-state index is 0.0121. The molecule has 0 saturated heterocycles. The molecule has 0 radical (unpaired) electrons. The van der Waals surface area contributed by atoms with E-state index in [1.54, 1.807) is 24.3 Å². The highest BCUT2D eigenvalue weighted by Gasteiger charge is 2.34. The monoisotopic (exact) mass is 384 g/mol. The number of rotatable bonds is 6. The summed E-state index contributed by atoms with van der Waals surface area (Å²) in [6.45, 7) is -0.404. The van der Waals surface area contributed by atoms with E-state index in [2.05, 4.69) is 5.32 Å². The molecule has 2 unspecified atom stereocenters. The first-order chi connectivity index (χ1) is 12.7. The van der Waals surface area contributed by atoms with Gasteiger partial charge in [0, 0.05) is 12.2 Å². The molecule has 9 heteroatoms. The predicted molar refractivity (Wildman–Crippen MR) is 91.5 cm³/mol. The van der Waals surface area contributed by atoms with Crippen LogP contribution in [0.3, 0.4) is 0 Å². The van der Waals surface area contributed by atoms with Crippen LogP contribution in [0.2, 0.25) is 0 Å². The van der Waals surface area contributed by atoms with Crippen LogP contribution in [0, 0.1) is 0 Å². The lowest BCUT2D eigenvalue weighted by Crippen LogP contribution is -2.35.